The molecule has 0 radical (unpaired) electrons. The summed E-state index contributed by atoms with van der Waals surface area (Å²) in [4.78, 5) is 30.1. The van der Waals surface area contributed by atoms with Crippen molar-refractivity contribution in [3.05, 3.63) is 73.8 Å². The highest BCUT2D eigenvalue weighted by atomic mass is 35.5. The number of fused-ring (bicyclic) bond motifs is 1. The fraction of sp³-hybridized carbons (Fsp3) is 0.286. The van der Waals surface area contributed by atoms with Gasteiger partial charge >= 0.3 is 0 Å². The molecule has 0 spiro atoms. The Kier molecular flexibility index (Phi) is 4.59. The van der Waals surface area contributed by atoms with Gasteiger partial charge in [-0.3, -0.25) is 14.3 Å². The lowest BCUT2D eigenvalue weighted by molar-refractivity contribution is 0.0726. The standard InChI is InChI=1S/C21H21ClN4O2/c1-12-10-13(2)24-20(27)16(12)11-26-9-7-14-4-5-15(17-6-8-23-25(17)3)19(22)18(14)21(26)28/h4-6,8,10H,7,9,11H2,1-3H3,(H,24,27). The van der Waals surface area contributed by atoms with E-state index in [2.05, 4.69) is 10.1 Å². The highest BCUT2D eigenvalue weighted by Gasteiger charge is 2.29. The SMILES string of the molecule is Cc1cc(C)c(CN2CCc3ccc(-c4ccnn4C)c(Cl)c3C2=O)c(=O)[nH]1. The molecule has 0 aliphatic carbocycles. The Hall–Kier alpha value is -2.86. The first-order valence-electron chi connectivity index (χ1n) is 9.15. The quantitative estimate of drug-likeness (QED) is 0.738. The summed E-state index contributed by atoms with van der Waals surface area (Å²) in [6.07, 6.45) is 2.40. The number of nitrogens with one attached hydrogen (secondary N) is 1. The fourth-order valence-corrected chi connectivity index (χ4v) is 4.19. The van der Waals surface area contributed by atoms with E-state index in [9.17, 15) is 9.59 Å². The maximum absolute atomic E-state index is 13.2. The van der Waals surface area contributed by atoms with Gasteiger partial charge in [-0.25, -0.2) is 0 Å². The zero-order valence-corrected chi connectivity index (χ0v) is 16.8. The van der Waals surface area contributed by atoms with E-state index in [1.54, 1.807) is 15.8 Å². The molecule has 1 amide bonds. The molecule has 7 heteroatoms. The number of halogens is 1. The largest absolute Gasteiger partial charge is 0.334 e. The van der Waals surface area contributed by atoms with Crippen LogP contribution in [0.3, 0.4) is 0 Å². The van der Waals surface area contributed by atoms with Gasteiger partial charge in [-0.1, -0.05) is 23.7 Å². The molecule has 144 valence electrons. The molecule has 28 heavy (non-hydrogen) atoms. The van der Waals surface area contributed by atoms with Crippen LogP contribution >= 0.6 is 11.6 Å². The number of H-pyrrole nitrogens is 1. The van der Waals surface area contributed by atoms with Crippen LogP contribution in [-0.4, -0.2) is 32.1 Å². The van der Waals surface area contributed by atoms with Crippen LogP contribution in [0.5, 0.6) is 0 Å². The van der Waals surface area contributed by atoms with Gasteiger partial charge in [0.15, 0.2) is 0 Å². The molecule has 2 aromatic heterocycles. The predicted octanol–water partition coefficient (Wildman–Crippen LogP) is 3.24. The van der Waals surface area contributed by atoms with Crippen molar-refractivity contribution in [2.75, 3.05) is 6.54 Å². The molecular weight excluding hydrogens is 376 g/mol. The van der Waals surface area contributed by atoms with Crippen molar-refractivity contribution >= 4 is 17.5 Å². The number of aryl methyl sites for hydroxylation is 3. The average molecular weight is 397 g/mol. The van der Waals surface area contributed by atoms with Crippen molar-refractivity contribution in [3.63, 3.8) is 0 Å². The third-order valence-corrected chi connectivity index (χ3v) is 5.71. The summed E-state index contributed by atoms with van der Waals surface area (Å²) in [5, 5.41) is 4.62. The lowest BCUT2D eigenvalue weighted by Crippen LogP contribution is -2.39. The Labute approximate surface area is 167 Å². The van der Waals surface area contributed by atoms with Gasteiger partial charge in [0.1, 0.15) is 0 Å². The molecule has 3 aromatic rings. The summed E-state index contributed by atoms with van der Waals surface area (Å²) in [5.41, 5.74) is 5.25. The van der Waals surface area contributed by atoms with Gasteiger partial charge in [-0.2, -0.15) is 5.10 Å². The van der Waals surface area contributed by atoms with Crippen LogP contribution in [-0.2, 0) is 20.0 Å². The Bertz CT molecular complexity index is 1150. The number of benzene rings is 1. The molecule has 1 N–H and O–H groups in total. The third-order valence-electron chi connectivity index (χ3n) is 5.32. The molecule has 0 saturated heterocycles. The summed E-state index contributed by atoms with van der Waals surface area (Å²) >= 11 is 6.68. The van der Waals surface area contributed by atoms with Crippen LogP contribution in [0.4, 0.5) is 0 Å². The Morgan fingerprint density at radius 1 is 1.21 bits per heavy atom. The minimum Gasteiger partial charge on any atom is -0.334 e. The number of aromatic amines is 1. The number of hydrogen-bond donors (Lipinski definition) is 1. The molecule has 6 nitrogen and oxygen atoms in total. The van der Waals surface area contributed by atoms with E-state index in [4.69, 9.17) is 11.6 Å². The third kappa shape index (κ3) is 3.03. The number of amides is 1. The molecular formula is C21H21ClN4O2. The van der Waals surface area contributed by atoms with Crippen molar-refractivity contribution in [2.45, 2.75) is 26.8 Å². The Balaban J connectivity index is 1.72. The van der Waals surface area contributed by atoms with E-state index in [0.29, 0.717) is 29.1 Å². The molecule has 4 rings (SSSR count). The first-order valence-corrected chi connectivity index (χ1v) is 9.53. The monoisotopic (exact) mass is 396 g/mol. The number of carbonyl (C=O) groups excluding carboxylic acids is 1. The Morgan fingerprint density at radius 2 is 2.00 bits per heavy atom. The highest BCUT2D eigenvalue weighted by molar-refractivity contribution is 6.36. The molecule has 0 fully saturated rings. The molecule has 0 saturated carbocycles. The van der Waals surface area contributed by atoms with Gasteiger partial charge in [0.2, 0.25) is 0 Å². The first kappa shape index (κ1) is 18.5. The van der Waals surface area contributed by atoms with Crippen LogP contribution in [0, 0.1) is 13.8 Å². The van der Waals surface area contributed by atoms with Gasteiger partial charge in [-0.05, 0) is 43.5 Å². The summed E-state index contributed by atoms with van der Waals surface area (Å²) in [6, 6.07) is 7.69. The van der Waals surface area contributed by atoms with Crippen molar-refractivity contribution in [1.82, 2.24) is 19.7 Å². The maximum atomic E-state index is 13.2. The number of hydrogen-bond acceptors (Lipinski definition) is 3. The lowest BCUT2D eigenvalue weighted by atomic mass is 9.95. The topological polar surface area (TPSA) is 71.0 Å². The molecule has 0 atom stereocenters. The zero-order chi connectivity index (χ0) is 20.0. The van der Waals surface area contributed by atoms with Gasteiger partial charge < -0.3 is 9.88 Å². The first-order chi connectivity index (χ1) is 13.4. The van der Waals surface area contributed by atoms with Gasteiger partial charge in [0, 0.05) is 36.6 Å². The van der Waals surface area contributed by atoms with E-state index in [1.165, 1.54) is 0 Å². The Morgan fingerprint density at radius 3 is 2.68 bits per heavy atom. The second-order valence-corrected chi connectivity index (χ2v) is 7.60. The van der Waals surface area contributed by atoms with Crippen LogP contribution in [0.15, 0.2) is 35.3 Å². The maximum Gasteiger partial charge on any atom is 0.255 e. The fourth-order valence-electron chi connectivity index (χ4n) is 3.83. The summed E-state index contributed by atoms with van der Waals surface area (Å²) in [6.45, 7) is 4.57. The lowest BCUT2D eigenvalue weighted by Gasteiger charge is -2.30. The second kappa shape index (κ2) is 6.95. The van der Waals surface area contributed by atoms with Crippen molar-refractivity contribution < 1.29 is 4.79 Å². The number of nitrogens with zero attached hydrogens (tertiary/aromatic N) is 3. The molecule has 0 bridgehead atoms. The molecule has 0 unspecified atom stereocenters. The van der Waals surface area contributed by atoms with Crippen LogP contribution in [0.25, 0.3) is 11.3 Å². The number of rotatable bonds is 3. The molecule has 1 aliphatic rings. The smallest absolute Gasteiger partial charge is 0.255 e. The van der Waals surface area contributed by atoms with E-state index in [-0.39, 0.29) is 18.0 Å². The van der Waals surface area contributed by atoms with E-state index >= 15 is 0 Å². The van der Waals surface area contributed by atoms with Gasteiger partial charge in [-0.15, -0.1) is 0 Å². The van der Waals surface area contributed by atoms with Crippen molar-refractivity contribution in [2.24, 2.45) is 7.05 Å². The summed E-state index contributed by atoms with van der Waals surface area (Å²) in [5.74, 6) is -0.144. The highest BCUT2D eigenvalue weighted by Crippen LogP contribution is 2.35. The second-order valence-electron chi connectivity index (χ2n) is 7.22. The van der Waals surface area contributed by atoms with Crippen LogP contribution < -0.4 is 5.56 Å². The molecule has 1 aliphatic heterocycles. The molecule has 3 heterocycles. The van der Waals surface area contributed by atoms with Gasteiger partial charge in [0.25, 0.3) is 11.5 Å². The van der Waals surface area contributed by atoms with Crippen molar-refractivity contribution in [3.8, 4) is 11.3 Å². The van der Waals surface area contributed by atoms with E-state index in [1.807, 2.05) is 45.2 Å². The number of pyridine rings is 1. The van der Waals surface area contributed by atoms with Crippen LogP contribution in [0.2, 0.25) is 5.02 Å². The zero-order valence-electron chi connectivity index (χ0n) is 16.0. The minimum absolute atomic E-state index is 0.144. The number of aromatic nitrogens is 3. The van der Waals surface area contributed by atoms with Crippen molar-refractivity contribution in [1.29, 1.82) is 0 Å². The van der Waals surface area contributed by atoms with E-state index < -0.39 is 0 Å². The van der Waals surface area contributed by atoms with E-state index in [0.717, 1.165) is 28.1 Å². The molecule has 1 aromatic carbocycles. The average Bonchev–Trinajstić information content (AvgIpc) is 3.05. The normalized spacial score (nSPS) is 13.7. The predicted molar refractivity (Wildman–Crippen MR) is 109 cm³/mol. The minimum atomic E-state index is -0.147. The van der Waals surface area contributed by atoms with Gasteiger partial charge in [0.05, 0.1) is 22.8 Å². The van der Waals surface area contributed by atoms with Crippen LogP contribution in [0.1, 0.15) is 32.7 Å². The summed E-state index contributed by atoms with van der Waals surface area (Å²) in [7, 11) is 1.84. The number of carbonyl (C=O) groups is 1. The summed E-state index contributed by atoms with van der Waals surface area (Å²) < 4.78 is 1.73.